The first-order valence-electron chi connectivity index (χ1n) is 8.49. The van der Waals surface area contributed by atoms with Crippen LogP contribution in [0.3, 0.4) is 0 Å². The Morgan fingerprint density at radius 1 is 1.26 bits per heavy atom. The van der Waals surface area contributed by atoms with E-state index in [2.05, 4.69) is 28.6 Å². The molecule has 0 saturated carbocycles. The number of carbonyl (C=O) groups is 2. The molecular formula is C16H25N5O2. The van der Waals surface area contributed by atoms with Crippen LogP contribution >= 0.6 is 0 Å². The minimum Gasteiger partial charge on any atom is -0.342 e. The maximum absolute atomic E-state index is 12.8. The van der Waals surface area contributed by atoms with Crippen molar-refractivity contribution in [2.45, 2.75) is 46.1 Å². The first-order valence-corrected chi connectivity index (χ1v) is 8.49. The number of likely N-dealkylation sites (tertiary alicyclic amines) is 1. The van der Waals surface area contributed by atoms with E-state index in [-0.39, 0.29) is 17.7 Å². The van der Waals surface area contributed by atoms with E-state index in [1.54, 1.807) is 4.90 Å². The number of hydrogen-bond donors (Lipinski definition) is 0. The maximum Gasteiger partial charge on any atom is 0.228 e. The summed E-state index contributed by atoms with van der Waals surface area (Å²) < 4.78 is 2.15. The monoisotopic (exact) mass is 319 g/mol. The van der Waals surface area contributed by atoms with Crippen molar-refractivity contribution in [1.82, 2.24) is 24.6 Å². The van der Waals surface area contributed by atoms with Gasteiger partial charge in [-0.05, 0) is 6.92 Å². The predicted molar refractivity (Wildman–Crippen MR) is 84.8 cm³/mol. The highest BCUT2D eigenvalue weighted by molar-refractivity contribution is 5.89. The fourth-order valence-corrected chi connectivity index (χ4v) is 3.49. The van der Waals surface area contributed by atoms with Gasteiger partial charge in [0.05, 0.1) is 5.92 Å². The van der Waals surface area contributed by atoms with Gasteiger partial charge in [0.15, 0.2) is 0 Å². The summed E-state index contributed by atoms with van der Waals surface area (Å²) in [6, 6.07) is 0. The highest BCUT2D eigenvalue weighted by Crippen LogP contribution is 2.22. The fraction of sp³-hybridized carbons (Fsp3) is 0.750. The number of aromatic nitrogens is 3. The smallest absolute Gasteiger partial charge is 0.228 e. The molecule has 0 spiro atoms. The lowest BCUT2D eigenvalue weighted by Crippen LogP contribution is -2.39. The number of carbonyl (C=O) groups excluding carboxylic acids is 2. The molecule has 3 rings (SSSR count). The van der Waals surface area contributed by atoms with Gasteiger partial charge in [-0.25, -0.2) is 0 Å². The zero-order valence-electron chi connectivity index (χ0n) is 14.2. The van der Waals surface area contributed by atoms with Crippen LogP contribution in [-0.2, 0) is 22.6 Å². The molecule has 7 nitrogen and oxygen atoms in total. The molecule has 2 amide bonds. The minimum atomic E-state index is -0.185. The van der Waals surface area contributed by atoms with Gasteiger partial charge in [0.2, 0.25) is 11.8 Å². The van der Waals surface area contributed by atoms with Crippen LogP contribution in [0, 0.1) is 5.92 Å². The fourth-order valence-electron chi connectivity index (χ4n) is 3.49. The summed E-state index contributed by atoms with van der Waals surface area (Å²) in [4.78, 5) is 28.3. The maximum atomic E-state index is 12.8. The average molecular weight is 319 g/mol. The normalized spacial score (nSPS) is 21.7. The molecule has 2 aliphatic heterocycles. The van der Waals surface area contributed by atoms with E-state index < -0.39 is 0 Å². The van der Waals surface area contributed by atoms with Gasteiger partial charge in [-0.2, -0.15) is 0 Å². The van der Waals surface area contributed by atoms with Gasteiger partial charge in [-0.3, -0.25) is 9.59 Å². The second-order valence-corrected chi connectivity index (χ2v) is 6.69. The zero-order chi connectivity index (χ0) is 16.6. The van der Waals surface area contributed by atoms with E-state index in [0.717, 1.165) is 24.6 Å². The average Bonchev–Trinajstić information content (AvgIpc) is 3.04. The molecule has 0 aliphatic carbocycles. The summed E-state index contributed by atoms with van der Waals surface area (Å²) in [5.74, 6) is 2.29. The van der Waals surface area contributed by atoms with Crippen LogP contribution in [0.1, 0.15) is 44.8 Å². The summed E-state index contributed by atoms with van der Waals surface area (Å²) in [5.41, 5.74) is 0. The van der Waals surface area contributed by atoms with Crippen molar-refractivity contribution in [3.8, 4) is 0 Å². The molecule has 3 heterocycles. The van der Waals surface area contributed by atoms with E-state index >= 15 is 0 Å². The van der Waals surface area contributed by atoms with Crippen molar-refractivity contribution >= 4 is 11.8 Å². The third-order valence-electron chi connectivity index (χ3n) is 4.83. The van der Waals surface area contributed by atoms with Crippen LogP contribution < -0.4 is 0 Å². The zero-order valence-corrected chi connectivity index (χ0v) is 14.2. The van der Waals surface area contributed by atoms with Crippen molar-refractivity contribution in [1.29, 1.82) is 0 Å². The molecule has 7 heteroatoms. The summed E-state index contributed by atoms with van der Waals surface area (Å²) in [6.45, 7) is 9.47. The Hall–Kier alpha value is -1.92. The van der Waals surface area contributed by atoms with Gasteiger partial charge in [0, 0.05) is 51.5 Å². The molecule has 1 fully saturated rings. The van der Waals surface area contributed by atoms with Crippen molar-refractivity contribution in [2.75, 3.05) is 26.2 Å². The highest BCUT2D eigenvalue weighted by atomic mass is 16.2. The van der Waals surface area contributed by atoms with Gasteiger partial charge in [-0.15, -0.1) is 10.2 Å². The number of amides is 2. The molecule has 0 N–H and O–H groups in total. The molecule has 1 saturated heterocycles. The van der Waals surface area contributed by atoms with Crippen molar-refractivity contribution in [3.63, 3.8) is 0 Å². The number of fused-ring (bicyclic) bond motifs is 1. The van der Waals surface area contributed by atoms with E-state index in [0.29, 0.717) is 38.5 Å². The molecule has 1 aromatic rings. The molecular weight excluding hydrogens is 294 g/mol. The Morgan fingerprint density at radius 3 is 2.70 bits per heavy atom. The number of hydrogen-bond acceptors (Lipinski definition) is 4. The second-order valence-electron chi connectivity index (χ2n) is 6.69. The topological polar surface area (TPSA) is 71.3 Å². The van der Waals surface area contributed by atoms with E-state index in [4.69, 9.17) is 0 Å². The van der Waals surface area contributed by atoms with Gasteiger partial charge >= 0.3 is 0 Å². The first kappa shape index (κ1) is 16.0. The standard InChI is InChI=1S/C16H25N5O2/c1-4-19-10-12(9-14(19)22)16(23)20-6-5-13-17-18-15(11(2)3)21(13)8-7-20/h11-12H,4-10H2,1-3H3/t12-/m0/s1. The Labute approximate surface area is 136 Å². The second kappa shape index (κ2) is 6.29. The number of nitrogens with zero attached hydrogens (tertiary/aromatic N) is 5. The lowest BCUT2D eigenvalue weighted by Gasteiger charge is -2.23. The van der Waals surface area contributed by atoms with E-state index in [9.17, 15) is 9.59 Å². The summed E-state index contributed by atoms with van der Waals surface area (Å²) in [5, 5.41) is 8.55. The van der Waals surface area contributed by atoms with E-state index in [1.165, 1.54) is 0 Å². The van der Waals surface area contributed by atoms with Gasteiger partial charge in [0.25, 0.3) is 0 Å². The molecule has 0 bridgehead atoms. The molecule has 2 aliphatic rings. The van der Waals surface area contributed by atoms with Gasteiger partial charge in [0.1, 0.15) is 11.6 Å². The molecule has 23 heavy (non-hydrogen) atoms. The van der Waals surface area contributed by atoms with E-state index in [1.807, 2.05) is 11.8 Å². The summed E-state index contributed by atoms with van der Waals surface area (Å²) in [7, 11) is 0. The summed E-state index contributed by atoms with van der Waals surface area (Å²) >= 11 is 0. The molecule has 0 radical (unpaired) electrons. The van der Waals surface area contributed by atoms with Crippen LogP contribution in [0.2, 0.25) is 0 Å². The predicted octanol–water partition coefficient (Wildman–Crippen LogP) is 0.655. The Kier molecular flexibility index (Phi) is 4.37. The lowest BCUT2D eigenvalue weighted by molar-refractivity contribution is -0.135. The third-order valence-corrected chi connectivity index (χ3v) is 4.83. The largest absolute Gasteiger partial charge is 0.342 e. The molecule has 126 valence electrons. The van der Waals surface area contributed by atoms with Crippen molar-refractivity contribution in [3.05, 3.63) is 11.6 Å². The van der Waals surface area contributed by atoms with Gasteiger partial charge < -0.3 is 14.4 Å². The van der Waals surface area contributed by atoms with Crippen LogP contribution in [0.15, 0.2) is 0 Å². The Balaban J connectivity index is 1.68. The highest BCUT2D eigenvalue weighted by Gasteiger charge is 2.36. The molecule has 0 unspecified atom stereocenters. The molecule has 1 aromatic heterocycles. The van der Waals surface area contributed by atoms with Crippen molar-refractivity contribution < 1.29 is 9.59 Å². The van der Waals surface area contributed by atoms with Crippen LogP contribution in [-0.4, -0.2) is 62.6 Å². The Bertz CT molecular complexity index is 610. The van der Waals surface area contributed by atoms with Crippen LogP contribution in [0.5, 0.6) is 0 Å². The minimum absolute atomic E-state index is 0.0971. The Morgan fingerprint density at radius 2 is 2.04 bits per heavy atom. The lowest BCUT2D eigenvalue weighted by atomic mass is 10.1. The van der Waals surface area contributed by atoms with Crippen LogP contribution in [0.25, 0.3) is 0 Å². The summed E-state index contributed by atoms with van der Waals surface area (Å²) in [6.07, 6.45) is 1.08. The number of rotatable bonds is 3. The SMILES string of the molecule is CCN1C[C@@H](C(=O)N2CCc3nnc(C(C)C)n3CC2)CC1=O. The quantitative estimate of drug-likeness (QED) is 0.820. The molecule has 1 atom stereocenters. The molecule has 0 aromatic carbocycles. The third kappa shape index (κ3) is 2.96. The first-order chi connectivity index (χ1) is 11.0. The van der Waals surface area contributed by atoms with Gasteiger partial charge in [-0.1, -0.05) is 13.8 Å². The van der Waals surface area contributed by atoms with Crippen LogP contribution in [0.4, 0.5) is 0 Å². The van der Waals surface area contributed by atoms with Crippen molar-refractivity contribution in [2.24, 2.45) is 5.92 Å².